The number of hydrogen-bond acceptors (Lipinski definition) is 10. The molecular weight excluding hydrogens is 594 g/mol. The molecule has 0 radical (unpaired) electrons. The minimum Gasteiger partial charge on any atom is -0.497 e. The Labute approximate surface area is 265 Å². The molecule has 3 aliphatic rings. The van der Waals surface area contributed by atoms with Gasteiger partial charge in [-0.15, -0.1) is 0 Å². The Hall–Kier alpha value is -5.30. The normalized spacial score (nSPS) is 20.2. The SMILES string of the molecule is COc1ccc(/C=C2\CCC[C@H]3C2=NN(C(=O)c2cc([N+](=O)[O-])c(N4CCOCC4)c([N+](=O)[O-])c2)[C@@H]3c2ccc(OC)cc2)cc1. The average molecular weight is 628 g/mol. The van der Waals surface area contributed by atoms with E-state index in [-0.39, 0.29) is 43.5 Å². The summed E-state index contributed by atoms with van der Waals surface area (Å²) in [6.07, 6.45) is 4.43. The highest BCUT2D eigenvalue weighted by atomic mass is 16.6. The van der Waals surface area contributed by atoms with Gasteiger partial charge in [0.2, 0.25) is 0 Å². The van der Waals surface area contributed by atoms with Crippen LogP contribution < -0.4 is 14.4 Å². The van der Waals surface area contributed by atoms with Gasteiger partial charge in [-0.2, -0.15) is 5.10 Å². The molecule has 13 heteroatoms. The predicted molar refractivity (Wildman–Crippen MR) is 170 cm³/mol. The number of carbonyl (C=O) groups is 1. The zero-order valence-electron chi connectivity index (χ0n) is 25.5. The van der Waals surface area contributed by atoms with Gasteiger partial charge in [-0.1, -0.05) is 24.3 Å². The monoisotopic (exact) mass is 627 g/mol. The van der Waals surface area contributed by atoms with Crippen LogP contribution in [0.25, 0.3) is 6.08 Å². The molecule has 1 saturated carbocycles. The second kappa shape index (κ2) is 13.0. The van der Waals surface area contributed by atoms with Gasteiger partial charge >= 0.3 is 0 Å². The number of fused-ring (bicyclic) bond motifs is 1. The highest BCUT2D eigenvalue weighted by Crippen LogP contribution is 2.46. The molecule has 2 fully saturated rings. The van der Waals surface area contributed by atoms with Crippen LogP contribution in [-0.4, -0.2) is 67.0 Å². The highest BCUT2D eigenvalue weighted by molar-refractivity contribution is 6.09. The molecule has 3 aromatic rings. The lowest BCUT2D eigenvalue weighted by atomic mass is 9.77. The summed E-state index contributed by atoms with van der Waals surface area (Å²) in [5, 5.41) is 30.8. The Balaban J connectivity index is 1.45. The van der Waals surface area contributed by atoms with Crippen molar-refractivity contribution in [1.29, 1.82) is 0 Å². The number of nitro benzene ring substituents is 2. The second-order valence-corrected chi connectivity index (χ2v) is 11.3. The van der Waals surface area contributed by atoms with Crippen molar-refractivity contribution in [2.45, 2.75) is 25.3 Å². The van der Waals surface area contributed by atoms with Crippen molar-refractivity contribution in [3.63, 3.8) is 0 Å². The number of rotatable bonds is 8. The molecular formula is C33H33N5O8. The summed E-state index contributed by atoms with van der Waals surface area (Å²) in [6, 6.07) is 16.7. The van der Waals surface area contributed by atoms with Crippen LogP contribution in [0.1, 0.15) is 46.8 Å². The van der Waals surface area contributed by atoms with Crippen molar-refractivity contribution in [3.8, 4) is 11.5 Å². The van der Waals surface area contributed by atoms with Crippen molar-refractivity contribution in [2.24, 2.45) is 11.0 Å². The summed E-state index contributed by atoms with van der Waals surface area (Å²) in [7, 11) is 3.18. The minimum atomic E-state index is -0.680. The Morgan fingerprint density at radius 1 is 0.935 bits per heavy atom. The van der Waals surface area contributed by atoms with Gasteiger partial charge in [0.15, 0.2) is 5.69 Å². The maximum atomic E-state index is 14.4. The number of morpholine rings is 1. The lowest BCUT2D eigenvalue weighted by Gasteiger charge is -2.30. The van der Waals surface area contributed by atoms with Crippen LogP contribution >= 0.6 is 0 Å². The topological polar surface area (TPSA) is 150 Å². The summed E-state index contributed by atoms with van der Waals surface area (Å²) in [5.74, 6) is 0.565. The summed E-state index contributed by atoms with van der Waals surface area (Å²) < 4.78 is 16.0. The molecule has 238 valence electrons. The first-order valence-electron chi connectivity index (χ1n) is 15.0. The Morgan fingerprint density at radius 2 is 1.52 bits per heavy atom. The number of nitrogens with zero attached hydrogens (tertiary/aromatic N) is 5. The lowest BCUT2D eigenvalue weighted by Crippen LogP contribution is -2.37. The maximum Gasteiger partial charge on any atom is 0.300 e. The van der Waals surface area contributed by atoms with E-state index in [4.69, 9.17) is 19.3 Å². The second-order valence-electron chi connectivity index (χ2n) is 11.3. The molecule has 6 rings (SSSR count). The third-order valence-corrected chi connectivity index (χ3v) is 8.66. The molecule has 0 spiro atoms. The molecule has 0 aromatic heterocycles. The number of nitro groups is 2. The zero-order chi connectivity index (χ0) is 32.4. The van der Waals surface area contributed by atoms with E-state index in [1.54, 1.807) is 31.3 Å². The number of methoxy groups -OCH3 is 2. The first-order chi connectivity index (χ1) is 22.3. The predicted octanol–water partition coefficient (Wildman–Crippen LogP) is 5.79. The van der Waals surface area contributed by atoms with Gasteiger partial charge in [0, 0.05) is 31.1 Å². The number of anilines is 1. The number of amides is 1. The summed E-state index contributed by atoms with van der Waals surface area (Å²) in [4.78, 5) is 39.1. The van der Waals surface area contributed by atoms with E-state index in [0.29, 0.717) is 5.75 Å². The lowest BCUT2D eigenvalue weighted by molar-refractivity contribution is -0.392. The van der Waals surface area contributed by atoms with Crippen LogP contribution in [0.15, 0.2) is 71.3 Å². The smallest absolute Gasteiger partial charge is 0.300 e. The minimum absolute atomic E-state index is 0.132. The summed E-state index contributed by atoms with van der Waals surface area (Å²) in [5.41, 5.74) is 2.16. The molecule has 0 bridgehead atoms. The Morgan fingerprint density at radius 3 is 2.09 bits per heavy atom. The molecule has 2 aliphatic heterocycles. The maximum absolute atomic E-state index is 14.4. The van der Waals surface area contributed by atoms with Gasteiger partial charge in [-0.3, -0.25) is 25.0 Å². The van der Waals surface area contributed by atoms with Gasteiger partial charge in [0.05, 0.1) is 54.6 Å². The fourth-order valence-electron chi connectivity index (χ4n) is 6.45. The molecule has 46 heavy (non-hydrogen) atoms. The van der Waals surface area contributed by atoms with E-state index in [9.17, 15) is 25.0 Å². The summed E-state index contributed by atoms with van der Waals surface area (Å²) in [6.45, 7) is 1.05. The fourth-order valence-corrected chi connectivity index (χ4v) is 6.45. The molecule has 1 amide bonds. The number of carbonyl (C=O) groups excluding carboxylic acids is 1. The molecule has 1 aliphatic carbocycles. The van der Waals surface area contributed by atoms with Crippen molar-refractivity contribution in [2.75, 3.05) is 45.4 Å². The quantitative estimate of drug-likeness (QED) is 0.223. The standard InChI is InChI=1S/C33H33N5O8/c1-44-25-10-6-21(7-11-25)18-23-4-3-5-27-30(23)34-36(31(27)22-8-12-26(45-2)13-9-22)33(39)24-19-28(37(40)41)32(29(20-24)38(42)43)35-14-16-46-17-15-35/h6-13,18-20,27,31H,3-5,14-17H2,1-2H3/b23-18+/t27-,31+/m0/s1. The van der Waals surface area contributed by atoms with Crippen LogP contribution in [-0.2, 0) is 4.74 Å². The van der Waals surface area contributed by atoms with E-state index in [1.807, 2.05) is 36.4 Å². The van der Waals surface area contributed by atoms with Crippen LogP contribution in [0, 0.1) is 26.1 Å². The number of hydrazone groups is 1. The van der Waals surface area contributed by atoms with E-state index in [1.165, 1.54) is 5.01 Å². The van der Waals surface area contributed by atoms with Gasteiger partial charge in [0.25, 0.3) is 17.3 Å². The highest BCUT2D eigenvalue weighted by Gasteiger charge is 2.45. The Kier molecular flexibility index (Phi) is 8.66. The number of benzene rings is 3. The largest absolute Gasteiger partial charge is 0.497 e. The van der Waals surface area contributed by atoms with E-state index in [0.717, 1.165) is 59.6 Å². The van der Waals surface area contributed by atoms with Crippen LogP contribution in [0.2, 0.25) is 0 Å². The zero-order valence-corrected chi connectivity index (χ0v) is 25.5. The Bertz CT molecular complexity index is 1680. The molecule has 2 atom stereocenters. The molecule has 0 N–H and O–H groups in total. The average Bonchev–Trinajstić information content (AvgIpc) is 3.48. The molecule has 0 unspecified atom stereocenters. The van der Waals surface area contributed by atoms with Crippen LogP contribution in [0.5, 0.6) is 11.5 Å². The van der Waals surface area contributed by atoms with Gasteiger partial charge in [0.1, 0.15) is 11.5 Å². The number of allylic oxidation sites excluding steroid dienone is 1. The first-order valence-corrected chi connectivity index (χ1v) is 15.0. The van der Waals surface area contributed by atoms with Crippen LogP contribution in [0.3, 0.4) is 0 Å². The van der Waals surface area contributed by atoms with Crippen molar-refractivity contribution in [1.82, 2.24) is 5.01 Å². The molecule has 13 nitrogen and oxygen atoms in total. The van der Waals surface area contributed by atoms with E-state index < -0.39 is 33.2 Å². The molecule has 3 aromatic carbocycles. The van der Waals surface area contributed by atoms with Gasteiger partial charge in [-0.05, 0) is 66.3 Å². The fraction of sp³-hybridized carbons (Fsp3) is 0.333. The third-order valence-electron chi connectivity index (χ3n) is 8.66. The number of hydrogen-bond donors (Lipinski definition) is 0. The van der Waals surface area contributed by atoms with Gasteiger partial charge in [-0.25, -0.2) is 5.01 Å². The van der Waals surface area contributed by atoms with Crippen molar-refractivity contribution < 1.29 is 28.9 Å². The van der Waals surface area contributed by atoms with E-state index >= 15 is 0 Å². The van der Waals surface area contributed by atoms with Gasteiger partial charge < -0.3 is 19.1 Å². The summed E-state index contributed by atoms with van der Waals surface area (Å²) >= 11 is 0. The molecule has 2 heterocycles. The first kappa shape index (κ1) is 30.7. The van der Waals surface area contributed by atoms with E-state index in [2.05, 4.69) is 6.08 Å². The third kappa shape index (κ3) is 5.88. The molecule has 1 saturated heterocycles. The van der Waals surface area contributed by atoms with Crippen LogP contribution in [0.4, 0.5) is 17.1 Å². The number of ether oxygens (including phenoxy) is 3. The van der Waals surface area contributed by atoms with Crippen molar-refractivity contribution >= 4 is 34.8 Å². The van der Waals surface area contributed by atoms with Crippen molar-refractivity contribution in [3.05, 3.63) is 103 Å².